The van der Waals surface area contributed by atoms with Crippen LogP contribution in [0.15, 0.2) is 53.5 Å². The minimum Gasteiger partial charge on any atom is -0.396 e. The van der Waals surface area contributed by atoms with E-state index in [1.165, 1.54) is 11.3 Å². The highest BCUT2D eigenvalue weighted by molar-refractivity contribution is 5.91. The Labute approximate surface area is 149 Å². The summed E-state index contributed by atoms with van der Waals surface area (Å²) < 4.78 is 0. The summed E-state index contributed by atoms with van der Waals surface area (Å²) in [7, 11) is 0. The van der Waals surface area contributed by atoms with Crippen molar-refractivity contribution in [1.82, 2.24) is 9.88 Å². The van der Waals surface area contributed by atoms with Gasteiger partial charge in [-0.05, 0) is 30.5 Å². The van der Waals surface area contributed by atoms with Crippen LogP contribution in [0, 0.1) is 5.92 Å². The average Bonchev–Trinajstić information content (AvgIpc) is 2.97. The number of nitrogens with two attached hydrogens (primary N) is 1. The van der Waals surface area contributed by atoms with E-state index in [2.05, 4.69) is 34.1 Å². The van der Waals surface area contributed by atoms with Crippen molar-refractivity contribution in [2.45, 2.75) is 19.4 Å². The SMILES string of the molecule is Nc1cccc(C[C@H]2CN(Cc3ccccc3)C/C2=N\CCCO)n1. The molecule has 3 rings (SSSR count). The molecule has 0 aliphatic carbocycles. The van der Waals surface area contributed by atoms with Gasteiger partial charge in [0.1, 0.15) is 5.82 Å². The van der Waals surface area contributed by atoms with Crippen LogP contribution >= 0.6 is 0 Å². The Bertz CT molecular complexity index is 702. The number of nitrogens with zero attached hydrogens (tertiary/aromatic N) is 3. The number of aliphatic imine (C=N–C) groups is 1. The Hall–Kier alpha value is -2.24. The molecule has 1 aromatic carbocycles. The molecule has 0 unspecified atom stereocenters. The van der Waals surface area contributed by atoms with E-state index in [0.717, 1.165) is 31.7 Å². The molecule has 5 heteroatoms. The lowest BCUT2D eigenvalue weighted by atomic mass is 10.00. The van der Waals surface area contributed by atoms with Gasteiger partial charge in [-0.2, -0.15) is 0 Å². The fraction of sp³-hybridized carbons (Fsp3) is 0.400. The van der Waals surface area contributed by atoms with Gasteiger partial charge in [0.2, 0.25) is 0 Å². The topological polar surface area (TPSA) is 74.7 Å². The van der Waals surface area contributed by atoms with Crippen molar-refractivity contribution in [3.63, 3.8) is 0 Å². The summed E-state index contributed by atoms with van der Waals surface area (Å²) in [6.45, 7) is 3.66. The first-order valence-corrected chi connectivity index (χ1v) is 8.86. The molecule has 0 spiro atoms. The molecule has 1 aliphatic rings. The van der Waals surface area contributed by atoms with E-state index in [-0.39, 0.29) is 6.61 Å². The van der Waals surface area contributed by atoms with Crippen molar-refractivity contribution in [2.75, 3.05) is 32.0 Å². The number of likely N-dealkylation sites (tertiary alicyclic amines) is 1. The van der Waals surface area contributed by atoms with Gasteiger partial charge in [0.15, 0.2) is 0 Å². The standard InChI is InChI=1S/C20H26N4O/c21-20-9-4-8-18(23-20)12-17-14-24(13-16-6-2-1-3-7-16)15-19(17)22-10-5-11-25/h1-4,6-9,17,25H,5,10-15H2,(H2,21,23)/b22-19+/t17-/m0/s1. The molecule has 1 aliphatic heterocycles. The van der Waals surface area contributed by atoms with E-state index in [9.17, 15) is 0 Å². The highest BCUT2D eigenvalue weighted by Crippen LogP contribution is 2.21. The van der Waals surface area contributed by atoms with Crippen molar-refractivity contribution in [2.24, 2.45) is 10.9 Å². The monoisotopic (exact) mass is 338 g/mol. The fourth-order valence-electron chi connectivity index (χ4n) is 3.32. The molecule has 1 aromatic heterocycles. The van der Waals surface area contributed by atoms with Gasteiger partial charge in [-0.25, -0.2) is 4.98 Å². The van der Waals surface area contributed by atoms with Gasteiger partial charge in [-0.15, -0.1) is 0 Å². The van der Waals surface area contributed by atoms with E-state index in [1.54, 1.807) is 0 Å². The van der Waals surface area contributed by atoms with E-state index >= 15 is 0 Å². The van der Waals surface area contributed by atoms with Crippen LogP contribution in [-0.4, -0.2) is 46.9 Å². The maximum atomic E-state index is 9.02. The predicted octanol–water partition coefficient (Wildman–Crippen LogP) is 2.16. The minimum absolute atomic E-state index is 0.186. The molecule has 0 saturated carbocycles. The minimum atomic E-state index is 0.186. The van der Waals surface area contributed by atoms with Crippen LogP contribution in [-0.2, 0) is 13.0 Å². The molecule has 1 saturated heterocycles. The summed E-state index contributed by atoms with van der Waals surface area (Å²) in [5.74, 6) is 0.923. The average molecular weight is 338 g/mol. The highest BCUT2D eigenvalue weighted by atomic mass is 16.3. The Balaban J connectivity index is 1.70. The molecule has 2 aromatic rings. The Kier molecular flexibility index (Phi) is 6.14. The number of nitrogen functional groups attached to an aromatic ring is 1. The first-order chi connectivity index (χ1) is 12.2. The summed E-state index contributed by atoms with van der Waals surface area (Å²) in [5, 5.41) is 9.02. The number of rotatable bonds is 7. The van der Waals surface area contributed by atoms with Gasteiger partial charge < -0.3 is 10.8 Å². The third kappa shape index (κ3) is 5.11. The van der Waals surface area contributed by atoms with Crippen molar-refractivity contribution < 1.29 is 5.11 Å². The molecule has 2 heterocycles. The number of aromatic nitrogens is 1. The lowest BCUT2D eigenvalue weighted by Gasteiger charge is -2.15. The van der Waals surface area contributed by atoms with Gasteiger partial charge in [0.05, 0.1) is 0 Å². The van der Waals surface area contributed by atoms with Gasteiger partial charge in [0, 0.05) is 50.1 Å². The molecule has 1 atom stereocenters. The second kappa shape index (κ2) is 8.74. The Morgan fingerprint density at radius 2 is 2.00 bits per heavy atom. The normalized spacial score (nSPS) is 19.6. The molecular formula is C20H26N4O. The van der Waals surface area contributed by atoms with Crippen LogP contribution in [0.1, 0.15) is 17.7 Å². The van der Waals surface area contributed by atoms with Crippen LogP contribution in [0.3, 0.4) is 0 Å². The zero-order valence-corrected chi connectivity index (χ0v) is 14.5. The summed E-state index contributed by atoms with van der Waals surface area (Å²) in [6, 6.07) is 16.3. The zero-order valence-electron chi connectivity index (χ0n) is 14.5. The molecular weight excluding hydrogens is 312 g/mol. The number of hydrogen-bond acceptors (Lipinski definition) is 5. The lowest BCUT2D eigenvalue weighted by Crippen LogP contribution is -2.20. The highest BCUT2D eigenvalue weighted by Gasteiger charge is 2.29. The number of aliphatic hydroxyl groups is 1. The molecule has 3 N–H and O–H groups in total. The first-order valence-electron chi connectivity index (χ1n) is 8.86. The molecule has 132 valence electrons. The molecule has 0 radical (unpaired) electrons. The van der Waals surface area contributed by atoms with Crippen LogP contribution in [0.25, 0.3) is 0 Å². The molecule has 0 bridgehead atoms. The van der Waals surface area contributed by atoms with Gasteiger partial charge in [-0.3, -0.25) is 9.89 Å². The largest absolute Gasteiger partial charge is 0.396 e. The summed E-state index contributed by atoms with van der Waals surface area (Å²) >= 11 is 0. The number of anilines is 1. The third-order valence-electron chi connectivity index (χ3n) is 4.50. The predicted molar refractivity (Wildman–Crippen MR) is 102 cm³/mol. The second-order valence-electron chi connectivity index (χ2n) is 6.56. The molecule has 0 amide bonds. The molecule has 1 fully saturated rings. The Morgan fingerprint density at radius 3 is 2.76 bits per heavy atom. The number of hydrogen-bond donors (Lipinski definition) is 2. The van der Waals surface area contributed by atoms with Crippen molar-refractivity contribution in [1.29, 1.82) is 0 Å². The van der Waals surface area contributed by atoms with E-state index in [4.69, 9.17) is 15.8 Å². The van der Waals surface area contributed by atoms with E-state index < -0.39 is 0 Å². The molecule has 25 heavy (non-hydrogen) atoms. The summed E-state index contributed by atoms with van der Waals surface area (Å²) in [6.07, 6.45) is 1.57. The third-order valence-corrected chi connectivity index (χ3v) is 4.50. The smallest absolute Gasteiger partial charge is 0.123 e. The first kappa shape index (κ1) is 17.6. The van der Waals surface area contributed by atoms with Crippen LogP contribution < -0.4 is 5.73 Å². The number of aliphatic hydroxyl groups excluding tert-OH is 1. The van der Waals surface area contributed by atoms with Crippen LogP contribution in [0.5, 0.6) is 0 Å². The number of pyridine rings is 1. The quantitative estimate of drug-likeness (QED) is 0.759. The van der Waals surface area contributed by atoms with E-state index in [0.29, 0.717) is 24.7 Å². The molecule has 5 nitrogen and oxygen atoms in total. The zero-order chi connectivity index (χ0) is 17.5. The van der Waals surface area contributed by atoms with E-state index in [1.807, 2.05) is 24.3 Å². The van der Waals surface area contributed by atoms with Gasteiger partial charge in [0.25, 0.3) is 0 Å². The van der Waals surface area contributed by atoms with Crippen LogP contribution in [0.2, 0.25) is 0 Å². The summed E-state index contributed by atoms with van der Waals surface area (Å²) in [5.41, 5.74) is 9.37. The van der Waals surface area contributed by atoms with Gasteiger partial charge in [-0.1, -0.05) is 36.4 Å². The van der Waals surface area contributed by atoms with Crippen molar-refractivity contribution in [3.8, 4) is 0 Å². The number of benzene rings is 1. The maximum Gasteiger partial charge on any atom is 0.123 e. The lowest BCUT2D eigenvalue weighted by molar-refractivity contribution is 0.291. The second-order valence-corrected chi connectivity index (χ2v) is 6.56. The maximum absolute atomic E-state index is 9.02. The Morgan fingerprint density at radius 1 is 1.16 bits per heavy atom. The fourth-order valence-corrected chi connectivity index (χ4v) is 3.32. The summed E-state index contributed by atoms with van der Waals surface area (Å²) in [4.78, 5) is 11.6. The van der Waals surface area contributed by atoms with Crippen molar-refractivity contribution in [3.05, 3.63) is 59.8 Å². The van der Waals surface area contributed by atoms with Crippen LogP contribution in [0.4, 0.5) is 5.82 Å². The van der Waals surface area contributed by atoms with Crippen molar-refractivity contribution >= 4 is 11.5 Å². The van der Waals surface area contributed by atoms with Gasteiger partial charge >= 0.3 is 0 Å².